The van der Waals surface area contributed by atoms with Crippen LogP contribution in [-0.4, -0.2) is 42.0 Å². The lowest BCUT2D eigenvalue weighted by Gasteiger charge is -2.08. The lowest BCUT2D eigenvalue weighted by Crippen LogP contribution is -2.29. The highest BCUT2D eigenvalue weighted by molar-refractivity contribution is 5.92. The predicted molar refractivity (Wildman–Crippen MR) is 55.7 cm³/mol. The van der Waals surface area contributed by atoms with Crippen LogP contribution in [0.1, 0.15) is 10.5 Å². The molecule has 0 fully saturated rings. The normalized spacial score (nSPS) is 11.3. The van der Waals surface area contributed by atoms with Crippen molar-refractivity contribution in [1.82, 2.24) is 15.5 Å². The Hall–Kier alpha value is -1.90. The van der Waals surface area contributed by atoms with E-state index in [1.807, 2.05) is 0 Å². The van der Waals surface area contributed by atoms with Gasteiger partial charge in [-0.25, -0.2) is 0 Å². The molecule has 0 unspecified atom stereocenters. The zero-order chi connectivity index (χ0) is 13.6. The summed E-state index contributed by atoms with van der Waals surface area (Å²) in [5.41, 5.74) is 5.30. The molecule has 0 aromatic carbocycles. The van der Waals surface area contributed by atoms with Gasteiger partial charge in [0.1, 0.15) is 12.4 Å². The molecule has 100 valence electrons. The van der Waals surface area contributed by atoms with E-state index in [1.165, 1.54) is 12.1 Å². The van der Waals surface area contributed by atoms with Gasteiger partial charge in [-0.05, 0) is 12.1 Å². The van der Waals surface area contributed by atoms with Crippen molar-refractivity contribution >= 4 is 11.7 Å². The Morgan fingerprint density at radius 1 is 1.39 bits per heavy atom. The molecule has 1 aromatic rings. The van der Waals surface area contributed by atoms with Crippen molar-refractivity contribution in [3.8, 4) is 0 Å². The highest BCUT2D eigenvalue weighted by atomic mass is 19.4. The number of nitrogens with zero attached hydrogens (tertiary/aromatic N) is 2. The van der Waals surface area contributed by atoms with E-state index in [9.17, 15) is 18.0 Å². The molecule has 0 aliphatic heterocycles. The average Bonchev–Trinajstić information content (AvgIpc) is 2.27. The van der Waals surface area contributed by atoms with Gasteiger partial charge >= 0.3 is 6.18 Å². The van der Waals surface area contributed by atoms with Crippen molar-refractivity contribution in [1.29, 1.82) is 0 Å². The summed E-state index contributed by atoms with van der Waals surface area (Å²) < 4.78 is 39.4. The van der Waals surface area contributed by atoms with Crippen LogP contribution in [0.15, 0.2) is 12.1 Å². The quantitative estimate of drug-likeness (QED) is 0.750. The van der Waals surface area contributed by atoms with Crippen LogP contribution in [0.2, 0.25) is 0 Å². The summed E-state index contributed by atoms with van der Waals surface area (Å²) in [7, 11) is 0. The number of alkyl halides is 3. The van der Waals surface area contributed by atoms with Crippen molar-refractivity contribution in [2.75, 3.05) is 25.5 Å². The van der Waals surface area contributed by atoms with Crippen LogP contribution >= 0.6 is 0 Å². The molecule has 0 bridgehead atoms. The van der Waals surface area contributed by atoms with Crippen LogP contribution in [0, 0.1) is 0 Å². The molecule has 3 N–H and O–H groups in total. The van der Waals surface area contributed by atoms with Crippen LogP contribution in [0.4, 0.5) is 19.0 Å². The van der Waals surface area contributed by atoms with Gasteiger partial charge in [-0.3, -0.25) is 4.79 Å². The molecule has 0 saturated heterocycles. The predicted octanol–water partition coefficient (Wildman–Crippen LogP) is 0.367. The number of halogens is 3. The molecule has 0 saturated carbocycles. The Labute approximate surface area is 100 Å². The molecule has 0 atom stereocenters. The molecular formula is C9H11F3N4O2. The Kier molecular flexibility index (Phi) is 4.84. The summed E-state index contributed by atoms with van der Waals surface area (Å²) in [4.78, 5) is 11.4. The number of amides is 1. The van der Waals surface area contributed by atoms with Crippen molar-refractivity contribution in [2.45, 2.75) is 6.18 Å². The van der Waals surface area contributed by atoms with Gasteiger partial charge in [0.2, 0.25) is 0 Å². The number of carbonyl (C=O) groups is 1. The second kappa shape index (κ2) is 6.15. The Balaban J connectivity index is 2.24. The van der Waals surface area contributed by atoms with Crippen LogP contribution in [-0.2, 0) is 4.74 Å². The Bertz CT molecular complexity index is 394. The third kappa shape index (κ3) is 5.43. The standard InChI is InChI=1S/C9H11F3N4O2/c10-9(11,12)5-18-4-3-14-8(17)6-1-2-7(13)16-15-6/h1-2H,3-5H2,(H2,13,16)(H,14,17). The number of nitrogens with two attached hydrogens (primary N) is 1. The first kappa shape index (κ1) is 14.2. The van der Waals surface area contributed by atoms with E-state index >= 15 is 0 Å². The minimum absolute atomic E-state index is 0.0278. The summed E-state index contributed by atoms with van der Waals surface area (Å²) in [6.07, 6.45) is -4.37. The smallest absolute Gasteiger partial charge is 0.382 e. The van der Waals surface area contributed by atoms with E-state index in [0.29, 0.717) is 0 Å². The fourth-order valence-electron chi connectivity index (χ4n) is 0.979. The zero-order valence-corrected chi connectivity index (χ0v) is 9.20. The molecule has 1 aromatic heterocycles. The van der Waals surface area contributed by atoms with Crippen molar-refractivity contribution < 1.29 is 22.7 Å². The molecule has 18 heavy (non-hydrogen) atoms. The van der Waals surface area contributed by atoms with E-state index in [-0.39, 0.29) is 24.7 Å². The first-order valence-electron chi connectivity index (χ1n) is 4.90. The third-order valence-corrected chi connectivity index (χ3v) is 1.72. The number of anilines is 1. The van der Waals surface area contributed by atoms with E-state index in [4.69, 9.17) is 5.73 Å². The molecule has 9 heteroatoms. The minimum Gasteiger partial charge on any atom is -0.382 e. The number of ether oxygens (including phenoxy) is 1. The molecule has 1 amide bonds. The summed E-state index contributed by atoms with van der Waals surface area (Å²) >= 11 is 0. The van der Waals surface area contributed by atoms with Gasteiger partial charge in [-0.15, -0.1) is 10.2 Å². The number of aromatic nitrogens is 2. The van der Waals surface area contributed by atoms with Crippen molar-refractivity contribution in [3.63, 3.8) is 0 Å². The fraction of sp³-hybridized carbons (Fsp3) is 0.444. The number of rotatable bonds is 5. The van der Waals surface area contributed by atoms with Crippen LogP contribution in [0.3, 0.4) is 0 Å². The van der Waals surface area contributed by atoms with Gasteiger partial charge in [-0.2, -0.15) is 13.2 Å². The highest BCUT2D eigenvalue weighted by Crippen LogP contribution is 2.13. The summed E-state index contributed by atoms with van der Waals surface area (Å²) in [5.74, 6) is -0.391. The van der Waals surface area contributed by atoms with E-state index in [1.54, 1.807) is 0 Å². The molecule has 0 aliphatic rings. The maximum absolute atomic E-state index is 11.7. The van der Waals surface area contributed by atoms with Gasteiger partial charge in [0.05, 0.1) is 6.61 Å². The second-order valence-electron chi connectivity index (χ2n) is 3.27. The van der Waals surface area contributed by atoms with Gasteiger partial charge < -0.3 is 15.8 Å². The summed E-state index contributed by atoms with van der Waals surface area (Å²) in [6, 6.07) is 2.75. The molecule has 1 rings (SSSR count). The first-order valence-corrected chi connectivity index (χ1v) is 4.90. The monoisotopic (exact) mass is 264 g/mol. The topological polar surface area (TPSA) is 90.1 Å². The molecule has 6 nitrogen and oxygen atoms in total. The number of nitrogens with one attached hydrogen (secondary N) is 1. The van der Waals surface area contributed by atoms with E-state index in [2.05, 4.69) is 20.3 Å². The number of carbonyl (C=O) groups excluding carboxylic acids is 1. The summed E-state index contributed by atoms with van der Waals surface area (Å²) in [6.45, 7) is -1.64. The number of nitrogen functional groups attached to an aromatic ring is 1. The zero-order valence-electron chi connectivity index (χ0n) is 9.20. The molecule has 0 radical (unpaired) electrons. The summed E-state index contributed by atoms with van der Waals surface area (Å²) in [5, 5.41) is 9.30. The van der Waals surface area contributed by atoms with E-state index in [0.717, 1.165) is 0 Å². The van der Waals surface area contributed by atoms with Crippen molar-refractivity contribution in [3.05, 3.63) is 17.8 Å². The van der Waals surface area contributed by atoms with Crippen LogP contribution < -0.4 is 11.1 Å². The van der Waals surface area contributed by atoms with Gasteiger partial charge in [0.15, 0.2) is 5.69 Å². The largest absolute Gasteiger partial charge is 0.411 e. The average molecular weight is 264 g/mol. The van der Waals surface area contributed by atoms with Gasteiger partial charge in [-0.1, -0.05) is 0 Å². The van der Waals surface area contributed by atoms with Gasteiger partial charge in [0.25, 0.3) is 5.91 Å². The van der Waals surface area contributed by atoms with Gasteiger partial charge in [0, 0.05) is 6.54 Å². The SMILES string of the molecule is Nc1ccc(C(=O)NCCOCC(F)(F)F)nn1. The number of hydrogen-bond donors (Lipinski definition) is 2. The second-order valence-corrected chi connectivity index (χ2v) is 3.27. The van der Waals surface area contributed by atoms with E-state index < -0.39 is 18.7 Å². The molecule has 0 spiro atoms. The maximum atomic E-state index is 11.7. The maximum Gasteiger partial charge on any atom is 0.411 e. The van der Waals surface area contributed by atoms with Crippen LogP contribution in [0.25, 0.3) is 0 Å². The third-order valence-electron chi connectivity index (χ3n) is 1.72. The lowest BCUT2D eigenvalue weighted by atomic mass is 10.3. The Morgan fingerprint density at radius 3 is 2.67 bits per heavy atom. The number of hydrogen-bond acceptors (Lipinski definition) is 5. The van der Waals surface area contributed by atoms with Crippen molar-refractivity contribution in [2.24, 2.45) is 0 Å². The lowest BCUT2D eigenvalue weighted by molar-refractivity contribution is -0.173. The van der Waals surface area contributed by atoms with Crippen LogP contribution in [0.5, 0.6) is 0 Å². The minimum atomic E-state index is -4.37. The highest BCUT2D eigenvalue weighted by Gasteiger charge is 2.27. The fourth-order valence-corrected chi connectivity index (χ4v) is 0.979. The Morgan fingerprint density at radius 2 is 2.11 bits per heavy atom. The molecular weight excluding hydrogens is 253 g/mol. The molecule has 0 aliphatic carbocycles. The molecule has 1 heterocycles. The first-order chi connectivity index (χ1) is 8.38.